The third kappa shape index (κ3) is 3.43. The number of nitrogens with zero attached hydrogens (tertiary/aromatic N) is 2. The average Bonchev–Trinajstić information content (AvgIpc) is 3.11. The summed E-state index contributed by atoms with van der Waals surface area (Å²) in [5, 5.41) is 2.86. The molecule has 1 aromatic heterocycles. The van der Waals surface area contributed by atoms with Gasteiger partial charge >= 0.3 is 0 Å². The van der Waals surface area contributed by atoms with E-state index in [4.69, 9.17) is 9.47 Å². The van der Waals surface area contributed by atoms with Gasteiger partial charge in [-0.15, -0.1) is 0 Å². The second kappa shape index (κ2) is 7.05. The monoisotopic (exact) mass is 353 g/mol. The highest BCUT2D eigenvalue weighted by Crippen LogP contribution is 2.33. The minimum absolute atomic E-state index is 0.140. The number of carbonyl (C=O) groups excluding carboxylic acids is 1. The van der Waals surface area contributed by atoms with Crippen molar-refractivity contribution >= 4 is 17.4 Å². The number of hydrogen-bond acceptors (Lipinski definition) is 5. The Morgan fingerprint density at radius 2 is 1.85 bits per heavy atom. The number of hydrogen-bond donors (Lipinski definition) is 1. The lowest BCUT2D eigenvalue weighted by atomic mass is 10.0. The van der Waals surface area contributed by atoms with E-state index in [-0.39, 0.29) is 11.7 Å². The van der Waals surface area contributed by atoms with E-state index in [2.05, 4.69) is 15.2 Å². The Balaban J connectivity index is 1.38. The zero-order chi connectivity index (χ0) is 18.0. The quantitative estimate of drug-likeness (QED) is 0.919. The first-order valence-corrected chi connectivity index (χ1v) is 9.01. The SMILES string of the molecule is Cc1ccccc1C(=O)Nc1ccc(N2CCC3(CC2)OCCO3)cn1. The molecule has 6 heteroatoms. The van der Waals surface area contributed by atoms with E-state index in [0.29, 0.717) is 24.6 Å². The number of rotatable bonds is 3. The van der Waals surface area contributed by atoms with Crippen LogP contribution in [0, 0.1) is 6.92 Å². The number of pyridine rings is 1. The van der Waals surface area contributed by atoms with E-state index < -0.39 is 0 Å². The second-order valence-corrected chi connectivity index (χ2v) is 6.77. The van der Waals surface area contributed by atoms with E-state index in [1.165, 1.54) is 0 Å². The molecule has 1 aromatic carbocycles. The van der Waals surface area contributed by atoms with Crippen molar-refractivity contribution in [2.75, 3.05) is 36.5 Å². The van der Waals surface area contributed by atoms with Gasteiger partial charge in [-0.25, -0.2) is 4.98 Å². The highest BCUT2D eigenvalue weighted by Gasteiger charge is 2.39. The summed E-state index contributed by atoms with van der Waals surface area (Å²) in [7, 11) is 0. The minimum Gasteiger partial charge on any atom is -0.370 e. The smallest absolute Gasteiger partial charge is 0.257 e. The minimum atomic E-state index is -0.370. The Morgan fingerprint density at radius 1 is 1.12 bits per heavy atom. The van der Waals surface area contributed by atoms with Gasteiger partial charge in [0.15, 0.2) is 5.79 Å². The Bertz CT molecular complexity index is 775. The number of aromatic nitrogens is 1. The maximum Gasteiger partial charge on any atom is 0.257 e. The summed E-state index contributed by atoms with van der Waals surface area (Å²) < 4.78 is 11.5. The molecule has 3 heterocycles. The van der Waals surface area contributed by atoms with E-state index in [9.17, 15) is 4.79 Å². The average molecular weight is 353 g/mol. The van der Waals surface area contributed by atoms with Crippen LogP contribution in [0.4, 0.5) is 11.5 Å². The van der Waals surface area contributed by atoms with E-state index >= 15 is 0 Å². The maximum atomic E-state index is 12.4. The molecule has 2 fully saturated rings. The van der Waals surface area contributed by atoms with Crippen molar-refractivity contribution in [1.82, 2.24) is 4.98 Å². The first-order chi connectivity index (χ1) is 12.7. The van der Waals surface area contributed by atoms with Crippen molar-refractivity contribution in [3.05, 3.63) is 53.7 Å². The van der Waals surface area contributed by atoms with Crippen molar-refractivity contribution < 1.29 is 14.3 Å². The lowest BCUT2D eigenvalue weighted by Gasteiger charge is -2.38. The van der Waals surface area contributed by atoms with E-state index in [0.717, 1.165) is 37.2 Å². The fourth-order valence-corrected chi connectivity index (χ4v) is 3.55. The topological polar surface area (TPSA) is 63.7 Å². The molecule has 2 aliphatic rings. The molecule has 0 atom stereocenters. The number of anilines is 2. The van der Waals surface area contributed by atoms with Gasteiger partial charge in [0.25, 0.3) is 5.91 Å². The molecule has 4 rings (SSSR count). The van der Waals surface area contributed by atoms with Crippen LogP contribution in [0.2, 0.25) is 0 Å². The van der Waals surface area contributed by atoms with Crippen LogP contribution in [0.3, 0.4) is 0 Å². The molecule has 0 bridgehead atoms. The Labute approximate surface area is 153 Å². The molecule has 2 aromatic rings. The normalized spacial score (nSPS) is 18.9. The van der Waals surface area contributed by atoms with Gasteiger partial charge in [-0.2, -0.15) is 0 Å². The van der Waals surface area contributed by atoms with Crippen molar-refractivity contribution in [3.8, 4) is 0 Å². The lowest BCUT2D eigenvalue weighted by Crippen LogP contribution is -2.45. The molecule has 0 unspecified atom stereocenters. The number of nitrogens with one attached hydrogen (secondary N) is 1. The Hall–Kier alpha value is -2.44. The molecular weight excluding hydrogens is 330 g/mol. The highest BCUT2D eigenvalue weighted by atomic mass is 16.7. The van der Waals surface area contributed by atoms with Gasteiger partial charge in [-0.05, 0) is 30.7 Å². The van der Waals surface area contributed by atoms with Crippen LogP contribution in [0.1, 0.15) is 28.8 Å². The van der Waals surface area contributed by atoms with Gasteiger partial charge in [-0.3, -0.25) is 4.79 Å². The van der Waals surface area contributed by atoms with Crippen LogP contribution in [0.25, 0.3) is 0 Å². The third-order valence-corrected chi connectivity index (χ3v) is 5.08. The summed E-state index contributed by atoms with van der Waals surface area (Å²) in [6.07, 6.45) is 3.53. The summed E-state index contributed by atoms with van der Waals surface area (Å²) in [6.45, 7) is 5.05. The number of amides is 1. The summed E-state index contributed by atoms with van der Waals surface area (Å²) in [6, 6.07) is 11.4. The molecule has 2 saturated heterocycles. The van der Waals surface area contributed by atoms with Crippen LogP contribution in [-0.2, 0) is 9.47 Å². The van der Waals surface area contributed by atoms with Crippen LogP contribution in [-0.4, -0.2) is 43.0 Å². The summed E-state index contributed by atoms with van der Waals surface area (Å²) in [5.74, 6) is 0.0440. The third-order valence-electron chi connectivity index (χ3n) is 5.08. The number of piperidine rings is 1. The van der Waals surface area contributed by atoms with Gasteiger partial charge in [0.1, 0.15) is 5.82 Å². The highest BCUT2D eigenvalue weighted by molar-refractivity contribution is 6.04. The largest absolute Gasteiger partial charge is 0.370 e. The molecule has 2 aliphatic heterocycles. The fourth-order valence-electron chi connectivity index (χ4n) is 3.55. The molecule has 136 valence electrons. The van der Waals surface area contributed by atoms with Crippen LogP contribution in [0.5, 0.6) is 0 Å². The second-order valence-electron chi connectivity index (χ2n) is 6.77. The maximum absolute atomic E-state index is 12.4. The van der Waals surface area contributed by atoms with Crippen molar-refractivity contribution in [2.24, 2.45) is 0 Å². The molecular formula is C20H23N3O3. The standard InChI is InChI=1S/C20H23N3O3/c1-15-4-2-3-5-17(15)19(24)22-18-7-6-16(14-21-18)23-10-8-20(9-11-23)25-12-13-26-20/h2-7,14H,8-13H2,1H3,(H,21,22,24). The van der Waals surface area contributed by atoms with Gasteiger partial charge in [0, 0.05) is 31.5 Å². The predicted molar refractivity (Wildman–Crippen MR) is 99.5 cm³/mol. The summed E-state index contributed by atoms with van der Waals surface area (Å²) >= 11 is 0. The number of carbonyl (C=O) groups is 1. The first-order valence-electron chi connectivity index (χ1n) is 9.01. The van der Waals surface area contributed by atoms with Crippen molar-refractivity contribution in [1.29, 1.82) is 0 Å². The number of benzene rings is 1. The van der Waals surface area contributed by atoms with Gasteiger partial charge in [0.2, 0.25) is 0 Å². The molecule has 0 aliphatic carbocycles. The number of aryl methyl sites for hydroxylation is 1. The van der Waals surface area contributed by atoms with Gasteiger partial charge < -0.3 is 19.7 Å². The van der Waals surface area contributed by atoms with E-state index in [1.807, 2.05) is 49.5 Å². The fraction of sp³-hybridized carbons (Fsp3) is 0.400. The Kier molecular flexibility index (Phi) is 4.61. The first kappa shape index (κ1) is 17.0. The zero-order valence-corrected chi connectivity index (χ0v) is 14.9. The van der Waals surface area contributed by atoms with E-state index in [1.54, 1.807) is 0 Å². The van der Waals surface area contributed by atoms with Crippen LogP contribution in [0.15, 0.2) is 42.6 Å². The van der Waals surface area contributed by atoms with Gasteiger partial charge in [-0.1, -0.05) is 18.2 Å². The van der Waals surface area contributed by atoms with Crippen molar-refractivity contribution in [3.63, 3.8) is 0 Å². The molecule has 0 radical (unpaired) electrons. The van der Waals surface area contributed by atoms with Crippen LogP contribution < -0.4 is 10.2 Å². The summed E-state index contributed by atoms with van der Waals surface area (Å²) in [5.41, 5.74) is 2.66. The van der Waals surface area contributed by atoms with Gasteiger partial charge in [0.05, 0.1) is 25.1 Å². The molecule has 1 spiro atoms. The zero-order valence-electron chi connectivity index (χ0n) is 14.9. The molecule has 1 N–H and O–H groups in total. The van der Waals surface area contributed by atoms with Crippen molar-refractivity contribution in [2.45, 2.75) is 25.6 Å². The predicted octanol–water partition coefficient (Wildman–Crippen LogP) is 2.99. The number of ether oxygens (including phenoxy) is 2. The lowest BCUT2D eigenvalue weighted by molar-refractivity contribution is -0.169. The Morgan fingerprint density at radius 3 is 2.50 bits per heavy atom. The molecule has 0 saturated carbocycles. The van der Waals surface area contributed by atoms with Crippen LogP contribution >= 0.6 is 0 Å². The molecule has 6 nitrogen and oxygen atoms in total. The molecule has 1 amide bonds. The summed E-state index contributed by atoms with van der Waals surface area (Å²) in [4.78, 5) is 19.1. The molecule has 26 heavy (non-hydrogen) atoms.